The summed E-state index contributed by atoms with van der Waals surface area (Å²) in [7, 11) is 0. The number of para-hydroxylation sites is 4. The van der Waals surface area contributed by atoms with Gasteiger partial charge in [0.15, 0.2) is 0 Å². The van der Waals surface area contributed by atoms with Crippen molar-refractivity contribution in [1.82, 2.24) is 0 Å². The van der Waals surface area contributed by atoms with Crippen LogP contribution in [0.5, 0.6) is 0 Å². The van der Waals surface area contributed by atoms with Crippen molar-refractivity contribution in [3.05, 3.63) is 283 Å². The largest absolute Gasteiger partial charge is 0.460 e. The van der Waals surface area contributed by atoms with E-state index in [1.165, 1.54) is 49.4 Å². The number of hydrogen-bond donors (Lipinski definition) is 0. The normalized spacial score (nSPS) is 14.0. The Labute approximate surface area is 498 Å². The highest BCUT2D eigenvalue weighted by atomic mass is 16.3. The number of hydrogen-bond acceptors (Lipinski definition) is 6. The van der Waals surface area contributed by atoms with Crippen LogP contribution in [0, 0.1) is 0 Å². The maximum atomic E-state index is 6.79. The Balaban J connectivity index is 0.911. The van der Waals surface area contributed by atoms with Crippen molar-refractivity contribution in [3.63, 3.8) is 0 Å². The number of rotatable bonds is 8. The van der Waals surface area contributed by atoms with Gasteiger partial charge in [-0.3, -0.25) is 0 Å². The smallest absolute Gasteiger partial charge is 0.252 e. The molecule has 0 saturated heterocycles. The Kier molecular flexibility index (Phi) is 10.6. The van der Waals surface area contributed by atoms with Gasteiger partial charge in [0, 0.05) is 90.4 Å². The van der Waals surface area contributed by atoms with Gasteiger partial charge in [0.1, 0.15) is 34.2 Å². The highest BCUT2D eigenvalue weighted by Crippen LogP contribution is 2.55. The number of aryl methyl sites for hydroxylation is 1. The second-order valence-corrected chi connectivity index (χ2v) is 23.9. The second-order valence-electron chi connectivity index (χ2n) is 23.9. The molecule has 18 rings (SSSR count). The number of furan rings is 3. The van der Waals surface area contributed by atoms with Crippen LogP contribution in [0.4, 0.5) is 51.2 Å². The fourth-order valence-corrected chi connectivity index (χ4v) is 14.6. The monoisotopic (exact) mass is 1100 g/mol. The molecule has 0 N–H and O–H groups in total. The molecule has 14 aromatic rings. The van der Waals surface area contributed by atoms with Gasteiger partial charge >= 0.3 is 0 Å². The van der Waals surface area contributed by atoms with Crippen molar-refractivity contribution in [2.24, 2.45) is 0 Å². The maximum absolute atomic E-state index is 6.79. The van der Waals surface area contributed by atoms with E-state index in [9.17, 15) is 0 Å². The predicted molar refractivity (Wildman–Crippen MR) is 356 cm³/mol. The van der Waals surface area contributed by atoms with Crippen molar-refractivity contribution in [2.75, 3.05) is 14.7 Å². The van der Waals surface area contributed by atoms with Gasteiger partial charge < -0.3 is 28.0 Å². The molecule has 0 saturated carbocycles. The van der Waals surface area contributed by atoms with E-state index in [-0.39, 0.29) is 12.1 Å². The van der Waals surface area contributed by atoms with Crippen LogP contribution in [0.15, 0.2) is 274 Å². The highest BCUT2D eigenvalue weighted by molar-refractivity contribution is 7.00. The predicted octanol–water partition coefficient (Wildman–Crippen LogP) is 19.7. The first-order valence-electron chi connectivity index (χ1n) is 29.9. The summed E-state index contributed by atoms with van der Waals surface area (Å²) in [4.78, 5) is 7.49. The van der Waals surface area contributed by atoms with Gasteiger partial charge in [-0.1, -0.05) is 166 Å². The Hall–Kier alpha value is -10.8. The molecule has 11 aromatic carbocycles. The first-order chi connectivity index (χ1) is 42.4. The lowest BCUT2D eigenvalue weighted by molar-refractivity contribution is 0.520. The molecule has 406 valence electrons. The van der Waals surface area contributed by atoms with E-state index in [4.69, 9.17) is 13.3 Å². The van der Waals surface area contributed by atoms with Crippen LogP contribution < -0.4 is 31.1 Å². The summed E-state index contributed by atoms with van der Waals surface area (Å²) in [5.41, 5.74) is 24.1. The topological polar surface area (TPSA) is 49.1 Å². The molecule has 0 radical (unpaired) electrons. The third-order valence-corrected chi connectivity index (χ3v) is 18.7. The van der Waals surface area contributed by atoms with Gasteiger partial charge in [-0.15, -0.1) is 0 Å². The lowest BCUT2D eigenvalue weighted by Crippen LogP contribution is -2.61. The van der Waals surface area contributed by atoms with Crippen LogP contribution in [-0.2, 0) is 11.8 Å². The minimum absolute atomic E-state index is 0.123. The Bertz CT molecular complexity index is 5080. The summed E-state index contributed by atoms with van der Waals surface area (Å²) in [5, 5.41) is 4.68. The average molecular weight is 1100 g/mol. The molecule has 0 amide bonds. The molecular weight excluding hydrogens is 1050 g/mol. The van der Waals surface area contributed by atoms with E-state index in [1.54, 1.807) is 0 Å². The highest BCUT2D eigenvalue weighted by Gasteiger charge is 2.45. The summed E-state index contributed by atoms with van der Waals surface area (Å²) < 4.78 is 19.9. The van der Waals surface area contributed by atoms with Crippen LogP contribution in [0.1, 0.15) is 42.7 Å². The molecule has 2 aliphatic heterocycles. The van der Waals surface area contributed by atoms with Crippen molar-refractivity contribution in [3.8, 4) is 45.1 Å². The van der Waals surface area contributed by atoms with Gasteiger partial charge in [-0.2, -0.15) is 0 Å². The van der Waals surface area contributed by atoms with E-state index >= 15 is 0 Å². The molecule has 2 aliphatic carbocycles. The lowest BCUT2D eigenvalue weighted by atomic mass is 9.33. The van der Waals surface area contributed by atoms with Crippen molar-refractivity contribution < 1.29 is 13.3 Å². The average Bonchev–Trinajstić information content (AvgIpc) is 1.09. The molecule has 3 aromatic heterocycles. The molecule has 0 atom stereocenters. The van der Waals surface area contributed by atoms with Crippen LogP contribution in [-0.4, -0.2) is 6.71 Å². The maximum Gasteiger partial charge on any atom is 0.252 e. The molecule has 4 aliphatic rings. The number of benzene rings is 11. The molecule has 0 spiro atoms. The fourth-order valence-electron chi connectivity index (χ4n) is 14.6. The number of nitrogens with zero attached hydrogens (tertiary/aromatic N) is 3. The molecule has 0 unspecified atom stereocenters. The minimum atomic E-state index is -0.281. The molecule has 0 fully saturated rings. The standard InChI is InChI=1S/C79H54BN3O3/c1-79(2)63-39-33-49-17-6-10-25-61(49)77(63)62-38-37-59(46-64(62)79)81(57-35-31-50(32-36-57)74-43-52-18-7-13-28-71(52)84-74)60-47-69-78-70(48-60)83(58-24-16-21-51(41-58)75-44-53-19-8-14-29-72(53)85-75)68-42-55(76-45-54-20-9-15-30-73(54)86-76)34-40-66(68)80(78)65-26-11-12-27-67(65)82(69)56-22-4-3-5-23-56/h3-14,16-29,31-48H,15,30H2,1-2H3. The van der Waals surface area contributed by atoms with Crippen molar-refractivity contribution >= 4 is 113 Å². The molecule has 86 heavy (non-hydrogen) atoms. The molecule has 0 bridgehead atoms. The van der Waals surface area contributed by atoms with Crippen LogP contribution in [0.3, 0.4) is 0 Å². The van der Waals surface area contributed by atoms with Gasteiger partial charge in [0.05, 0.1) is 5.69 Å². The zero-order chi connectivity index (χ0) is 56.8. The minimum Gasteiger partial charge on any atom is -0.460 e. The SMILES string of the molecule is CC1(C)c2cc(N(c3ccc(-c4cc5ccccc5o4)cc3)c3cc4c5c(c3)N(c3cccc(-c6cc7ccccc7o6)c3)c3cc(-c6cc7c(o6)CCC=C7)ccc3B5c3ccccc3N4c3ccccc3)ccc2-c2c1ccc1ccccc21. The third kappa shape index (κ3) is 7.40. The summed E-state index contributed by atoms with van der Waals surface area (Å²) in [6, 6.07) is 93.3. The first kappa shape index (κ1) is 48.7. The Morgan fingerprint density at radius 2 is 1.07 bits per heavy atom. The fraction of sp³-hybridized carbons (Fsp3) is 0.0633. The number of anilines is 9. The molecule has 7 heteroatoms. The summed E-state index contributed by atoms with van der Waals surface area (Å²) in [6.07, 6.45) is 6.31. The van der Waals surface area contributed by atoms with Gasteiger partial charge in [0.2, 0.25) is 0 Å². The lowest BCUT2D eigenvalue weighted by Gasteiger charge is -2.45. The quantitative estimate of drug-likeness (QED) is 0.141. The van der Waals surface area contributed by atoms with Crippen LogP contribution in [0.25, 0.3) is 83.9 Å². The summed E-state index contributed by atoms with van der Waals surface area (Å²) >= 11 is 0. The first-order valence-corrected chi connectivity index (χ1v) is 29.9. The van der Waals surface area contributed by atoms with E-state index < -0.39 is 0 Å². The molecule has 6 nitrogen and oxygen atoms in total. The molecular formula is C79H54BN3O3. The Morgan fingerprint density at radius 1 is 0.430 bits per heavy atom. The van der Waals surface area contributed by atoms with Crippen LogP contribution >= 0.6 is 0 Å². The van der Waals surface area contributed by atoms with Gasteiger partial charge in [0.25, 0.3) is 6.71 Å². The second kappa shape index (κ2) is 18.6. The van der Waals surface area contributed by atoms with E-state index in [2.05, 4.69) is 271 Å². The van der Waals surface area contributed by atoms with Gasteiger partial charge in [-0.05, 0) is 171 Å². The van der Waals surface area contributed by atoms with Gasteiger partial charge in [-0.25, -0.2) is 0 Å². The zero-order valence-corrected chi connectivity index (χ0v) is 47.5. The zero-order valence-electron chi connectivity index (χ0n) is 47.5. The van der Waals surface area contributed by atoms with E-state index in [0.29, 0.717) is 0 Å². The van der Waals surface area contributed by atoms with Crippen LogP contribution in [0.2, 0.25) is 0 Å². The van der Waals surface area contributed by atoms with Crippen molar-refractivity contribution in [2.45, 2.75) is 32.1 Å². The molecule has 5 heterocycles. The summed E-state index contributed by atoms with van der Waals surface area (Å²) in [6.45, 7) is 4.65. The summed E-state index contributed by atoms with van der Waals surface area (Å²) in [5.74, 6) is 3.56. The number of allylic oxidation sites excluding steroid dienone is 1. The third-order valence-electron chi connectivity index (χ3n) is 18.7. The van der Waals surface area contributed by atoms with E-state index in [1.807, 2.05) is 24.3 Å². The Morgan fingerprint density at radius 3 is 1.85 bits per heavy atom. The van der Waals surface area contributed by atoms with Crippen molar-refractivity contribution in [1.29, 1.82) is 0 Å². The number of fused-ring (bicyclic) bond motifs is 12. The van der Waals surface area contributed by atoms with E-state index in [0.717, 1.165) is 131 Å².